The van der Waals surface area contributed by atoms with Gasteiger partial charge in [0.2, 0.25) is 0 Å². The van der Waals surface area contributed by atoms with E-state index in [0.29, 0.717) is 18.1 Å². The first-order chi connectivity index (χ1) is 14.5. The Balaban J connectivity index is 1.47. The standard InChI is InChI=1S/C21H22ClN5O2S/c1-3-29-21(28)12-4-5-14-17(8-12)30-20-18(14)19(23-11-24-20)25-16-9-13-6-7-26(2)27(13)10-15(16)22/h6,9-12H,3-5,7-8H2,1-2H3,(H,23,24,25). The molecule has 1 N–H and O–H groups in total. The molecule has 7 nitrogen and oxygen atoms in total. The lowest BCUT2D eigenvalue weighted by Gasteiger charge is -2.28. The van der Waals surface area contributed by atoms with Crippen molar-refractivity contribution in [3.8, 4) is 0 Å². The highest BCUT2D eigenvalue weighted by atomic mass is 35.5. The molecule has 1 unspecified atom stereocenters. The van der Waals surface area contributed by atoms with Crippen molar-refractivity contribution in [3.05, 3.63) is 51.5 Å². The number of thiophene rings is 1. The molecule has 0 bridgehead atoms. The van der Waals surface area contributed by atoms with Crippen molar-refractivity contribution in [2.45, 2.75) is 26.2 Å². The fraction of sp³-hybridized carbons (Fsp3) is 0.381. The van der Waals surface area contributed by atoms with Crippen molar-refractivity contribution >= 4 is 44.9 Å². The van der Waals surface area contributed by atoms with E-state index in [1.165, 1.54) is 10.4 Å². The molecule has 0 fully saturated rings. The summed E-state index contributed by atoms with van der Waals surface area (Å²) in [6.45, 7) is 3.11. The highest BCUT2D eigenvalue weighted by Gasteiger charge is 2.30. The Bertz CT molecular complexity index is 1120. The number of hydrogen-bond donors (Lipinski definition) is 1. The van der Waals surface area contributed by atoms with Gasteiger partial charge in [0, 0.05) is 24.7 Å². The second-order valence-corrected chi connectivity index (χ2v) is 9.06. The summed E-state index contributed by atoms with van der Waals surface area (Å²) in [5, 5.41) is 9.21. The second kappa shape index (κ2) is 7.68. The number of aryl methyl sites for hydroxylation is 1. The van der Waals surface area contributed by atoms with Crippen LogP contribution in [0, 0.1) is 5.92 Å². The maximum Gasteiger partial charge on any atom is 0.309 e. The van der Waals surface area contributed by atoms with Gasteiger partial charge in [-0.15, -0.1) is 11.3 Å². The SMILES string of the molecule is CCOC(=O)C1CCc2c(sc3ncnc(NC4=CC5=CCN(C)N5C=C4Cl)c23)C1. The van der Waals surface area contributed by atoms with Crippen molar-refractivity contribution in [3.63, 3.8) is 0 Å². The molecule has 2 aliphatic heterocycles. The molecule has 2 aromatic rings. The first-order valence-corrected chi connectivity index (χ1v) is 11.2. The van der Waals surface area contributed by atoms with Gasteiger partial charge < -0.3 is 10.1 Å². The smallest absolute Gasteiger partial charge is 0.309 e. The number of carbonyl (C=O) groups excluding carboxylic acids is 1. The zero-order chi connectivity index (χ0) is 20.8. The maximum atomic E-state index is 12.2. The minimum Gasteiger partial charge on any atom is -0.466 e. The first kappa shape index (κ1) is 19.5. The molecule has 4 heterocycles. The number of hydrogen-bond acceptors (Lipinski definition) is 8. The van der Waals surface area contributed by atoms with Crippen LogP contribution in [0.3, 0.4) is 0 Å². The number of likely N-dealkylation sites (N-methyl/N-ethyl adjacent to an activating group) is 1. The second-order valence-electron chi connectivity index (χ2n) is 7.57. The normalized spacial score (nSPS) is 21.0. The molecule has 0 spiro atoms. The first-order valence-electron chi connectivity index (χ1n) is 10.0. The summed E-state index contributed by atoms with van der Waals surface area (Å²) in [7, 11) is 2.02. The number of anilines is 1. The molecule has 1 aliphatic carbocycles. The number of carbonyl (C=O) groups is 1. The van der Waals surface area contributed by atoms with Gasteiger partial charge in [-0.25, -0.2) is 15.0 Å². The van der Waals surface area contributed by atoms with E-state index in [-0.39, 0.29) is 11.9 Å². The van der Waals surface area contributed by atoms with Crippen LogP contribution < -0.4 is 5.32 Å². The van der Waals surface area contributed by atoms with Crippen LogP contribution in [0.4, 0.5) is 5.82 Å². The number of rotatable bonds is 4. The molecular formula is C21H22ClN5O2S. The molecular weight excluding hydrogens is 422 g/mol. The van der Waals surface area contributed by atoms with E-state index in [9.17, 15) is 4.79 Å². The average Bonchev–Trinajstić information content (AvgIpc) is 3.29. The average molecular weight is 444 g/mol. The van der Waals surface area contributed by atoms with E-state index in [1.807, 2.05) is 31.3 Å². The molecule has 0 aromatic carbocycles. The lowest BCUT2D eigenvalue weighted by Crippen LogP contribution is -2.31. The van der Waals surface area contributed by atoms with Gasteiger partial charge in [0.05, 0.1) is 34.3 Å². The fourth-order valence-corrected chi connectivity index (χ4v) is 5.65. The van der Waals surface area contributed by atoms with Crippen LogP contribution in [0.2, 0.25) is 0 Å². The molecule has 3 aliphatic rings. The third-order valence-corrected chi connectivity index (χ3v) is 7.16. The topological polar surface area (TPSA) is 70.6 Å². The van der Waals surface area contributed by atoms with Gasteiger partial charge >= 0.3 is 5.97 Å². The molecule has 5 rings (SSSR count). The van der Waals surface area contributed by atoms with Crippen LogP contribution in [0.15, 0.2) is 41.1 Å². The van der Waals surface area contributed by atoms with Crippen LogP contribution in [-0.2, 0) is 22.4 Å². The lowest BCUT2D eigenvalue weighted by atomic mass is 9.88. The van der Waals surface area contributed by atoms with Crippen LogP contribution in [0.1, 0.15) is 23.8 Å². The Kier molecular flexibility index (Phi) is 5.00. The highest BCUT2D eigenvalue weighted by Crippen LogP contribution is 2.41. The number of nitrogens with one attached hydrogen (secondary N) is 1. The number of halogens is 1. The van der Waals surface area contributed by atoms with Crippen molar-refractivity contribution in [2.24, 2.45) is 5.92 Å². The predicted octanol–water partition coefficient (Wildman–Crippen LogP) is 3.80. The lowest BCUT2D eigenvalue weighted by molar-refractivity contribution is -0.148. The molecule has 1 atom stereocenters. The summed E-state index contributed by atoms with van der Waals surface area (Å²) in [5.41, 5.74) is 3.13. The third kappa shape index (κ3) is 3.29. The molecule has 9 heteroatoms. The fourth-order valence-electron chi connectivity index (χ4n) is 4.19. The van der Waals surface area contributed by atoms with Gasteiger partial charge in [-0.3, -0.25) is 9.80 Å². The Morgan fingerprint density at radius 3 is 3.13 bits per heavy atom. The van der Waals surface area contributed by atoms with Crippen molar-refractivity contribution < 1.29 is 9.53 Å². The van der Waals surface area contributed by atoms with Gasteiger partial charge in [0.1, 0.15) is 17.0 Å². The number of esters is 1. The quantitative estimate of drug-likeness (QED) is 0.720. The van der Waals surface area contributed by atoms with E-state index in [4.69, 9.17) is 16.3 Å². The molecule has 2 aromatic heterocycles. The third-order valence-electron chi connectivity index (χ3n) is 5.70. The summed E-state index contributed by atoms with van der Waals surface area (Å²) < 4.78 is 5.23. The van der Waals surface area contributed by atoms with Crippen molar-refractivity contribution in [2.75, 3.05) is 25.5 Å². The van der Waals surface area contributed by atoms with E-state index in [0.717, 1.165) is 46.8 Å². The Morgan fingerprint density at radius 1 is 1.43 bits per heavy atom. The van der Waals surface area contributed by atoms with Gasteiger partial charge in [-0.2, -0.15) is 0 Å². The van der Waals surface area contributed by atoms with Crippen LogP contribution in [-0.4, -0.2) is 46.2 Å². The number of ether oxygens (including phenoxy) is 1. The highest BCUT2D eigenvalue weighted by molar-refractivity contribution is 7.19. The number of hydrazine groups is 1. The number of fused-ring (bicyclic) bond motifs is 4. The summed E-state index contributed by atoms with van der Waals surface area (Å²) >= 11 is 8.20. The van der Waals surface area contributed by atoms with Crippen LogP contribution in [0.25, 0.3) is 10.2 Å². The van der Waals surface area contributed by atoms with Crippen molar-refractivity contribution in [1.29, 1.82) is 0 Å². The predicted molar refractivity (Wildman–Crippen MR) is 118 cm³/mol. The van der Waals surface area contributed by atoms with E-state index in [2.05, 4.69) is 26.4 Å². The zero-order valence-electron chi connectivity index (χ0n) is 16.8. The number of allylic oxidation sites excluding steroid dienone is 2. The molecule has 30 heavy (non-hydrogen) atoms. The Labute approximate surface area is 183 Å². The molecule has 0 saturated heterocycles. The molecule has 0 radical (unpaired) electrons. The van der Waals surface area contributed by atoms with Gasteiger partial charge in [0.15, 0.2) is 0 Å². The molecule has 0 saturated carbocycles. The van der Waals surface area contributed by atoms with E-state index < -0.39 is 0 Å². The summed E-state index contributed by atoms with van der Waals surface area (Å²) in [6, 6.07) is 0. The van der Waals surface area contributed by atoms with E-state index >= 15 is 0 Å². The van der Waals surface area contributed by atoms with Gasteiger partial charge in [-0.1, -0.05) is 11.6 Å². The van der Waals surface area contributed by atoms with Crippen molar-refractivity contribution in [1.82, 2.24) is 20.0 Å². The zero-order valence-corrected chi connectivity index (χ0v) is 18.4. The number of aromatic nitrogens is 2. The largest absolute Gasteiger partial charge is 0.466 e. The summed E-state index contributed by atoms with van der Waals surface area (Å²) in [4.78, 5) is 23.3. The van der Waals surface area contributed by atoms with Gasteiger partial charge in [-0.05, 0) is 43.9 Å². The summed E-state index contributed by atoms with van der Waals surface area (Å²) in [6.07, 6.45) is 9.97. The number of nitrogens with zero attached hydrogens (tertiary/aromatic N) is 4. The maximum absolute atomic E-state index is 12.2. The minimum absolute atomic E-state index is 0.0782. The monoisotopic (exact) mass is 443 g/mol. The van der Waals surface area contributed by atoms with Crippen LogP contribution in [0.5, 0.6) is 0 Å². The summed E-state index contributed by atoms with van der Waals surface area (Å²) in [5.74, 6) is 0.574. The minimum atomic E-state index is -0.103. The Hall–Kier alpha value is -2.42. The Morgan fingerprint density at radius 2 is 2.30 bits per heavy atom. The molecule has 156 valence electrons. The van der Waals surface area contributed by atoms with Crippen LogP contribution >= 0.6 is 22.9 Å². The van der Waals surface area contributed by atoms with Gasteiger partial charge in [0.25, 0.3) is 0 Å². The van der Waals surface area contributed by atoms with E-state index in [1.54, 1.807) is 17.7 Å². The molecule has 0 amide bonds.